The van der Waals surface area contributed by atoms with Crippen LogP contribution < -0.4 is 4.72 Å². The van der Waals surface area contributed by atoms with Crippen LogP contribution in [0.25, 0.3) is 0 Å². The lowest BCUT2D eigenvalue weighted by atomic mass is 10.1. The van der Waals surface area contributed by atoms with Crippen molar-refractivity contribution in [2.45, 2.75) is 25.0 Å². The highest BCUT2D eigenvalue weighted by atomic mass is 32.2. The van der Waals surface area contributed by atoms with Gasteiger partial charge in [-0.15, -0.1) is 0 Å². The zero-order valence-electron chi connectivity index (χ0n) is 12.8. The third-order valence-electron chi connectivity index (χ3n) is 3.31. The van der Waals surface area contributed by atoms with E-state index in [-0.39, 0.29) is 11.4 Å². The van der Waals surface area contributed by atoms with Gasteiger partial charge in [-0.25, -0.2) is 13.1 Å². The van der Waals surface area contributed by atoms with E-state index in [0.717, 1.165) is 11.1 Å². The number of nitrogens with zero attached hydrogens (tertiary/aromatic N) is 1. The molecule has 0 aromatic heterocycles. The van der Waals surface area contributed by atoms with E-state index in [0.29, 0.717) is 18.8 Å². The van der Waals surface area contributed by atoms with Crippen LogP contribution in [0.15, 0.2) is 53.4 Å². The Balaban J connectivity index is 2.15. The minimum Gasteiger partial charge on any atom is -0.377 e. The third kappa shape index (κ3) is 4.63. The van der Waals surface area contributed by atoms with Crippen molar-refractivity contribution < 1.29 is 13.2 Å². The molecule has 0 radical (unpaired) electrons. The molecule has 0 aliphatic rings. The van der Waals surface area contributed by atoms with Gasteiger partial charge < -0.3 is 4.74 Å². The summed E-state index contributed by atoms with van der Waals surface area (Å²) in [6.07, 6.45) is 0. The van der Waals surface area contributed by atoms with Crippen molar-refractivity contribution in [1.82, 2.24) is 4.72 Å². The largest absolute Gasteiger partial charge is 0.377 e. The van der Waals surface area contributed by atoms with Crippen molar-refractivity contribution >= 4 is 10.0 Å². The zero-order chi connectivity index (χ0) is 16.7. The molecule has 0 unspecified atom stereocenters. The predicted octanol–water partition coefficient (Wildman–Crippen LogP) is 2.57. The summed E-state index contributed by atoms with van der Waals surface area (Å²) < 4.78 is 32.7. The monoisotopic (exact) mass is 330 g/mol. The van der Waals surface area contributed by atoms with Crippen LogP contribution >= 0.6 is 0 Å². The van der Waals surface area contributed by atoms with Crippen molar-refractivity contribution in [2.24, 2.45) is 0 Å². The van der Waals surface area contributed by atoms with Crippen molar-refractivity contribution in [2.75, 3.05) is 6.61 Å². The maximum Gasteiger partial charge on any atom is 0.240 e. The van der Waals surface area contributed by atoms with Gasteiger partial charge in [0.15, 0.2) is 0 Å². The molecule has 0 saturated heterocycles. The number of nitrogens with one attached hydrogen (secondary N) is 1. The van der Waals surface area contributed by atoms with E-state index < -0.39 is 10.0 Å². The van der Waals surface area contributed by atoms with Gasteiger partial charge in [0.25, 0.3) is 0 Å². The molecule has 0 heterocycles. The summed E-state index contributed by atoms with van der Waals surface area (Å²) >= 11 is 0. The fourth-order valence-corrected chi connectivity index (χ4v) is 3.12. The minimum atomic E-state index is -3.67. The normalized spacial score (nSPS) is 11.1. The van der Waals surface area contributed by atoms with E-state index in [2.05, 4.69) is 4.72 Å². The highest BCUT2D eigenvalue weighted by Gasteiger charge is 2.15. The molecule has 2 rings (SSSR count). The van der Waals surface area contributed by atoms with Gasteiger partial charge in [0.2, 0.25) is 10.0 Å². The molecule has 0 bridgehead atoms. The smallest absolute Gasteiger partial charge is 0.240 e. The number of rotatable bonds is 7. The van der Waals surface area contributed by atoms with E-state index in [1.165, 1.54) is 12.1 Å². The summed E-state index contributed by atoms with van der Waals surface area (Å²) in [6, 6.07) is 15.4. The first-order chi connectivity index (χ1) is 11.1. The van der Waals surface area contributed by atoms with E-state index in [9.17, 15) is 8.42 Å². The van der Waals surface area contributed by atoms with Gasteiger partial charge in [0.05, 0.1) is 23.1 Å². The molecule has 23 heavy (non-hydrogen) atoms. The standard InChI is InChI=1S/C17H18N2O3S/c1-2-22-13-16-8-4-3-7-15(16)12-19-23(20,21)17-9-5-6-14(10-17)11-18/h3-10,19H,2,12-13H2,1H3. The molecule has 0 saturated carbocycles. The molecule has 0 fully saturated rings. The molecule has 0 aliphatic carbocycles. The van der Waals surface area contributed by atoms with Gasteiger partial charge in [-0.1, -0.05) is 30.3 Å². The average Bonchev–Trinajstić information content (AvgIpc) is 2.59. The average molecular weight is 330 g/mol. The van der Waals surface area contributed by atoms with Crippen molar-refractivity contribution in [3.63, 3.8) is 0 Å². The van der Waals surface area contributed by atoms with Gasteiger partial charge in [-0.3, -0.25) is 0 Å². The van der Waals surface area contributed by atoms with Crippen LogP contribution in [0.3, 0.4) is 0 Å². The second-order valence-corrected chi connectivity index (χ2v) is 6.64. The second-order valence-electron chi connectivity index (χ2n) is 4.87. The van der Waals surface area contributed by atoms with Gasteiger partial charge >= 0.3 is 0 Å². The van der Waals surface area contributed by atoms with Crippen LogP contribution in [-0.2, 0) is 27.9 Å². The lowest BCUT2D eigenvalue weighted by molar-refractivity contribution is 0.133. The number of sulfonamides is 1. The molecule has 6 heteroatoms. The Kier molecular flexibility index (Phi) is 5.88. The first kappa shape index (κ1) is 17.2. The predicted molar refractivity (Wildman–Crippen MR) is 87.0 cm³/mol. The molecule has 120 valence electrons. The highest BCUT2D eigenvalue weighted by molar-refractivity contribution is 7.89. The van der Waals surface area contributed by atoms with E-state index in [1.54, 1.807) is 12.1 Å². The third-order valence-corrected chi connectivity index (χ3v) is 4.71. The van der Waals surface area contributed by atoms with Crippen LogP contribution in [-0.4, -0.2) is 15.0 Å². The Labute approximate surface area is 136 Å². The van der Waals surface area contributed by atoms with E-state index in [1.807, 2.05) is 37.3 Å². The minimum absolute atomic E-state index is 0.0823. The summed E-state index contributed by atoms with van der Waals surface area (Å²) in [4.78, 5) is 0.0823. The molecular weight excluding hydrogens is 312 g/mol. The molecule has 2 aromatic carbocycles. The highest BCUT2D eigenvalue weighted by Crippen LogP contribution is 2.14. The number of benzene rings is 2. The van der Waals surface area contributed by atoms with Crippen LogP contribution in [0.2, 0.25) is 0 Å². The number of hydrogen-bond acceptors (Lipinski definition) is 4. The first-order valence-electron chi connectivity index (χ1n) is 7.21. The van der Waals surface area contributed by atoms with Gasteiger partial charge in [-0.2, -0.15) is 5.26 Å². The summed E-state index contributed by atoms with van der Waals surface area (Å²) in [5.74, 6) is 0. The van der Waals surface area contributed by atoms with Crippen molar-refractivity contribution in [3.8, 4) is 6.07 Å². The quantitative estimate of drug-likeness (QED) is 0.846. The SMILES string of the molecule is CCOCc1ccccc1CNS(=O)(=O)c1cccc(C#N)c1. The Hall–Kier alpha value is -2.20. The Morgan fingerprint density at radius 1 is 1.13 bits per heavy atom. The maximum absolute atomic E-state index is 12.3. The van der Waals surface area contributed by atoms with Crippen molar-refractivity contribution in [1.29, 1.82) is 5.26 Å². The van der Waals surface area contributed by atoms with Crippen LogP contribution in [0, 0.1) is 11.3 Å². The lowest BCUT2D eigenvalue weighted by Crippen LogP contribution is -2.24. The Bertz CT molecular complexity index is 811. The fraction of sp³-hybridized carbons (Fsp3) is 0.235. The van der Waals surface area contributed by atoms with Gasteiger partial charge in [0.1, 0.15) is 0 Å². The first-order valence-corrected chi connectivity index (χ1v) is 8.69. The van der Waals surface area contributed by atoms with Crippen LogP contribution in [0.1, 0.15) is 23.6 Å². The molecule has 0 aliphatic heterocycles. The molecule has 0 spiro atoms. The zero-order valence-corrected chi connectivity index (χ0v) is 13.6. The maximum atomic E-state index is 12.3. The molecule has 0 amide bonds. The Morgan fingerprint density at radius 3 is 2.57 bits per heavy atom. The van der Waals surface area contributed by atoms with Crippen LogP contribution in [0.5, 0.6) is 0 Å². The van der Waals surface area contributed by atoms with E-state index >= 15 is 0 Å². The summed E-state index contributed by atoms with van der Waals surface area (Å²) in [7, 11) is -3.67. The summed E-state index contributed by atoms with van der Waals surface area (Å²) in [5, 5.41) is 8.88. The summed E-state index contributed by atoms with van der Waals surface area (Å²) in [6.45, 7) is 3.12. The molecule has 5 nitrogen and oxygen atoms in total. The number of ether oxygens (including phenoxy) is 1. The number of nitriles is 1. The molecule has 0 atom stereocenters. The second kappa shape index (κ2) is 7.88. The van der Waals surface area contributed by atoms with Gasteiger partial charge in [-0.05, 0) is 36.2 Å². The van der Waals surface area contributed by atoms with Crippen LogP contribution in [0.4, 0.5) is 0 Å². The lowest BCUT2D eigenvalue weighted by Gasteiger charge is -2.11. The van der Waals surface area contributed by atoms with Gasteiger partial charge in [0, 0.05) is 13.2 Å². The van der Waals surface area contributed by atoms with Crippen molar-refractivity contribution in [3.05, 3.63) is 65.2 Å². The topological polar surface area (TPSA) is 79.2 Å². The Morgan fingerprint density at radius 2 is 1.87 bits per heavy atom. The molecular formula is C17H18N2O3S. The molecule has 2 aromatic rings. The molecule has 1 N–H and O–H groups in total. The summed E-state index contributed by atoms with van der Waals surface area (Å²) in [5.41, 5.74) is 2.12. The van der Waals surface area contributed by atoms with E-state index in [4.69, 9.17) is 10.00 Å². The fourth-order valence-electron chi connectivity index (χ4n) is 2.07. The number of hydrogen-bond donors (Lipinski definition) is 1.